The lowest BCUT2D eigenvalue weighted by atomic mass is 10.6. The van der Waals surface area contributed by atoms with Crippen LogP contribution in [0.1, 0.15) is 6.92 Å². The van der Waals surface area contributed by atoms with Gasteiger partial charge in [-0.1, -0.05) is 6.92 Å². The first-order valence-corrected chi connectivity index (χ1v) is 6.69. The Balaban J connectivity index is 2.93. The maximum absolute atomic E-state index is 4.56. The second-order valence-electron chi connectivity index (χ2n) is 2.39. The van der Waals surface area contributed by atoms with Crippen LogP contribution in [-0.4, -0.2) is 22.2 Å². The molecule has 0 amide bonds. The Morgan fingerprint density at radius 3 is 2.82 bits per heavy atom. The highest BCUT2D eigenvalue weighted by atomic mass is 33.1. The SMILES string of the molecule is CCS(C)(S)c1cccnn1. The number of hydrogen-bond donors (Lipinski definition) is 1. The summed E-state index contributed by atoms with van der Waals surface area (Å²) in [7, 11) is -0.977. The van der Waals surface area contributed by atoms with Crippen molar-refractivity contribution in [1.29, 1.82) is 0 Å². The molecule has 1 aromatic heterocycles. The molecule has 1 aromatic rings. The van der Waals surface area contributed by atoms with Crippen molar-refractivity contribution in [2.45, 2.75) is 11.9 Å². The highest BCUT2D eigenvalue weighted by molar-refractivity contribution is 8.87. The minimum Gasteiger partial charge on any atom is -0.158 e. The zero-order valence-corrected chi connectivity index (χ0v) is 8.40. The predicted octanol–water partition coefficient (Wildman–Crippen LogP) is 2.13. The third-order valence-electron chi connectivity index (χ3n) is 1.56. The summed E-state index contributed by atoms with van der Waals surface area (Å²) in [4.78, 5) is 0. The Labute approximate surface area is 73.5 Å². The summed E-state index contributed by atoms with van der Waals surface area (Å²) < 4.78 is 0. The van der Waals surface area contributed by atoms with Crippen molar-refractivity contribution in [3.8, 4) is 0 Å². The fourth-order valence-corrected chi connectivity index (χ4v) is 1.85. The zero-order chi connectivity index (χ0) is 8.32. The average Bonchev–Trinajstić information content (AvgIpc) is 2.06. The van der Waals surface area contributed by atoms with Crippen LogP contribution in [0.5, 0.6) is 0 Å². The van der Waals surface area contributed by atoms with Crippen molar-refractivity contribution in [3.05, 3.63) is 18.3 Å². The Hall–Kier alpha value is -0.220. The average molecular weight is 188 g/mol. The molecular formula is C7H12N2S2. The summed E-state index contributed by atoms with van der Waals surface area (Å²) in [6, 6.07) is 3.89. The monoisotopic (exact) mass is 188 g/mol. The quantitative estimate of drug-likeness (QED) is 0.568. The number of hydrogen-bond acceptors (Lipinski definition) is 3. The van der Waals surface area contributed by atoms with E-state index in [2.05, 4.69) is 35.0 Å². The van der Waals surface area contributed by atoms with Crippen LogP contribution in [-0.2, 0) is 0 Å². The van der Waals surface area contributed by atoms with Crippen molar-refractivity contribution in [3.63, 3.8) is 0 Å². The van der Waals surface area contributed by atoms with E-state index in [-0.39, 0.29) is 0 Å². The molecule has 4 heteroatoms. The second-order valence-corrected chi connectivity index (χ2v) is 7.88. The minimum atomic E-state index is -0.977. The van der Waals surface area contributed by atoms with Crippen molar-refractivity contribution < 1.29 is 0 Å². The minimum absolute atomic E-state index is 0.977. The smallest absolute Gasteiger partial charge is 0.110 e. The third-order valence-corrected chi connectivity index (χ3v) is 5.14. The normalized spacial score (nSPS) is 18.8. The van der Waals surface area contributed by atoms with Gasteiger partial charge < -0.3 is 0 Å². The van der Waals surface area contributed by atoms with E-state index in [0.29, 0.717) is 0 Å². The van der Waals surface area contributed by atoms with Crippen LogP contribution in [0, 0.1) is 0 Å². The maximum atomic E-state index is 4.56. The predicted molar refractivity (Wildman–Crippen MR) is 53.3 cm³/mol. The summed E-state index contributed by atoms with van der Waals surface area (Å²) in [6.07, 6.45) is 3.81. The molecule has 0 bridgehead atoms. The molecule has 11 heavy (non-hydrogen) atoms. The number of aromatic nitrogens is 2. The molecule has 0 N–H and O–H groups in total. The summed E-state index contributed by atoms with van der Waals surface area (Å²) in [6.45, 7) is 2.12. The van der Waals surface area contributed by atoms with Gasteiger partial charge >= 0.3 is 0 Å². The molecular weight excluding hydrogens is 176 g/mol. The van der Waals surface area contributed by atoms with Crippen LogP contribution in [0.3, 0.4) is 0 Å². The second kappa shape index (κ2) is 3.45. The number of rotatable bonds is 2. The van der Waals surface area contributed by atoms with Crippen molar-refractivity contribution in [2.24, 2.45) is 0 Å². The summed E-state index contributed by atoms with van der Waals surface area (Å²) in [5.41, 5.74) is 0. The zero-order valence-electron chi connectivity index (χ0n) is 6.69. The molecule has 0 saturated carbocycles. The Kier molecular flexibility index (Phi) is 2.78. The van der Waals surface area contributed by atoms with Crippen LogP contribution in [0.25, 0.3) is 0 Å². The van der Waals surface area contributed by atoms with Crippen molar-refractivity contribution >= 4 is 20.7 Å². The van der Waals surface area contributed by atoms with Gasteiger partial charge in [-0.15, -0.1) is 16.8 Å². The van der Waals surface area contributed by atoms with E-state index in [4.69, 9.17) is 0 Å². The molecule has 0 saturated heterocycles. The summed E-state index contributed by atoms with van der Waals surface area (Å²) in [5.74, 6) is 1.04. The van der Waals surface area contributed by atoms with Crippen molar-refractivity contribution in [1.82, 2.24) is 10.2 Å². The van der Waals surface area contributed by atoms with Crippen LogP contribution >= 0.6 is 20.7 Å². The Morgan fingerprint density at radius 2 is 2.36 bits per heavy atom. The van der Waals surface area contributed by atoms with E-state index >= 15 is 0 Å². The topological polar surface area (TPSA) is 25.8 Å². The van der Waals surface area contributed by atoms with E-state index in [9.17, 15) is 0 Å². The molecule has 2 nitrogen and oxygen atoms in total. The largest absolute Gasteiger partial charge is 0.158 e. The van der Waals surface area contributed by atoms with E-state index < -0.39 is 9.06 Å². The van der Waals surface area contributed by atoms with E-state index in [1.807, 2.05) is 12.1 Å². The molecule has 0 aromatic carbocycles. The van der Waals surface area contributed by atoms with E-state index in [1.54, 1.807) is 6.20 Å². The van der Waals surface area contributed by atoms with Crippen LogP contribution in [0.4, 0.5) is 0 Å². The Morgan fingerprint density at radius 1 is 1.64 bits per heavy atom. The van der Waals surface area contributed by atoms with Gasteiger partial charge in [0.25, 0.3) is 0 Å². The van der Waals surface area contributed by atoms with Crippen molar-refractivity contribution in [2.75, 3.05) is 12.0 Å². The standard InChI is InChI=1S/C7H12N2S2/c1-3-11(2,10)7-5-4-6-8-9-7/h4-6,10H,3H2,1-2H3. The molecule has 0 aliphatic heterocycles. The first-order valence-electron chi connectivity index (χ1n) is 3.43. The number of thiol groups is 1. The molecule has 0 aliphatic rings. The van der Waals surface area contributed by atoms with Crippen LogP contribution < -0.4 is 0 Å². The lowest BCUT2D eigenvalue weighted by Gasteiger charge is -2.25. The third kappa shape index (κ3) is 2.10. The maximum Gasteiger partial charge on any atom is 0.110 e. The van der Waals surface area contributed by atoms with Gasteiger partial charge in [-0.3, -0.25) is 0 Å². The first-order chi connectivity index (χ1) is 5.17. The fourth-order valence-electron chi connectivity index (χ4n) is 0.670. The molecule has 1 rings (SSSR count). The van der Waals surface area contributed by atoms with Gasteiger partial charge in [-0.05, 0) is 24.1 Å². The van der Waals surface area contributed by atoms with Crippen LogP contribution in [0.15, 0.2) is 23.4 Å². The summed E-state index contributed by atoms with van der Waals surface area (Å²) in [5, 5.41) is 8.87. The van der Waals surface area contributed by atoms with Gasteiger partial charge in [0.05, 0.1) is 0 Å². The molecule has 1 atom stereocenters. The highest BCUT2D eigenvalue weighted by Crippen LogP contribution is 2.54. The van der Waals surface area contributed by atoms with Gasteiger partial charge in [0.15, 0.2) is 0 Å². The van der Waals surface area contributed by atoms with Gasteiger partial charge in [-0.2, -0.15) is 14.2 Å². The molecule has 0 radical (unpaired) electrons. The lowest BCUT2D eigenvalue weighted by Crippen LogP contribution is -1.97. The summed E-state index contributed by atoms with van der Waals surface area (Å²) >= 11 is 4.56. The van der Waals surface area contributed by atoms with Gasteiger partial charge in [0.1, 0.15) is 5.03 Å². The van der Waals surface area contributed by atoms with Gasteiger partial charge in [-0.25, -0.2) is 0 Å². The highest BCUT2D eigenvalue weighted by Gasteiger charge is 2.14. The van der Waals surface area contributed by atoms with E-state index in [1.165, 1.54) is 0 Å². The van der Waals surface area contributed by atoms with E-state index in [0.717, 1.165) is 10.8 Å². The Bertz CT molecular complexity index is 223. The lowest BCUT2D eigenvalue weighted by molar-refractivity contribution is 0.925. The molecule has 0 aliphatic carbocycles. The fraction of sp³-hybridized carbons (Fsp3) is 0.429. The van der Waals surface area contributed by atoms with Gasteiger partial charge in [0.2, 0.25) is 0 Å². The molecule has 0 spiro atoms. The molecule has 1 unspecified atom stereocenters. The molecule has 0 fully saturated rings. The molecule has 62 valence electrons. The number of nitrogens with zero attached hydrogens (tertiary/aromatic N) is 2. The van der Waals surface area contributed by atoms with Crippen LogP contribution in [0.2, 0.25) is 0 Å². The van der Waals surface area contributed by atoms with Gasteiger partial charge in [0, 0.05) is 6.20 Å². The molecule has 1 heterocycles. The first kappa shape index (κ1) is 8.87.